The van der Waals surface area contributed by atoms with Crippen LogP contribution in [0.3, 0.4) is 0 Å². The van der Waals surface area contributed by atoms with Crippen LogP contribution in [-0.2, 0) is 0 Å². The van der Waals surface area contributed by atoms with Gasteiger partial charge in [0, 0.05) is 12.1 Å². The van der Waals surface area contributed by atoms with Crippen LogP contribution in [0.25, 0.3) is 12.2 Å². The van der Waals surface area contributed by atoms with Crippen molar-refractivity contribution in [1.82, 2.24) is 0 Å². The van der Waals surface area contributed by atoms with Gasteiger partial charge in [-0.1, -0.05) is 42.5 Å². The van der Waals surface area contributed by atoms with E-state index in [4.69, 9.17) is 5.11 Å². The Kier molecular flexibility index (Phi) is 3.91. The van der Waals surface area contributed by atoms with E-state index in [1.165, 1.54) is 12.1 Å². The first-order chi connectivity index (χ1) is 9.58. The third-order valence-electron chi connectivity index (χ3n) is 2.73. The molecule has 2 aromatic carbocycles. The molecule has 0 saturated carbocycles. The number of nitro groups is 1. The molecule has 0 fully saturated rings. The molecule has 0 aromatic heterocycles. The topological polar surface area (TPSA) is 80.4 Å². The summed E-state index contributed by atoms with van der Waals surface area (Å²) in [6.07, 6.45) is 3.39. The fourth-order valence-corrected chi connectivity index (χ4v) is 1.74. The Morgan fingerprint density at radius 2 is 1.80 bits per heavy atom. The van der Waals surface area contributed by atoms with Crippen molar-refractivity contribution >= 4 is 23.8 Å². The number of benzene rings is 2. The van der Waals surface area contributed by atoms with Crippen LogP contribution in [0.5, 0.6) is 0 Å². The fourth-order valence-electron chi connectivity index (χ4n) is 1.74. The van der Waals surface area contributed by atoms with Crippen molar-refractivity contribution in [1.29, 1.82) is 0 Å². The number of hydrogen-bond acceptors (Lipinski definition) is 3. The average Bonchev–Trinajstić information content (AvgIpc) is 2.45. The molecule has 0 amide bonds. The lowest BCUT2D eigenvalue weighted by Gasteiger charge is -2.01. The van der Waals surface area contributed by atoms with E-state index in [0.717, 1.165) is 11.6 Å². The summed E-state index contributed by atoms with van der Waals surface area (Å²) >= 11 is 0. The minimum Gasteiger partial charge on any atom is -0.478 e. The predicted octanol–water partition coefficient (Wildman–Crippen LogP) is 3.46. The molecule has 0 aliphatic rings. The van der Waals surface area contributed by atoms with Crippen molar-refractivity contribution < 1.29 is 14.8 Å². The lowest BCUT2D eigenvalue weighted by atomic mass is 10.0. The van der Waals surface area contributed by atoms with Crippen LogP contribution in [-0.4, -0.2) is 16.0 Å². The number of carboxylic acid groups (broad SMARTS) is 1. The summed E-state index contributed by atoms with van der Waals surface area (Å²) in [6, 6.07) is 13.2. The van der Waals surface area contributed by atoms with Crippen LogP contribution in [0.4, 0.5) is 5.69 Å². The number of non-ortho nitro benzene ring substituents is 1. The summed E-state index contributed by atoms with van der Waals surface area (Å²) in [6.45, 7) is 0. The van der Waals surface area contributed by atoms with Gasteiger partial charge in [0.25, 0.3) is 5.69 Å². The summed E-state index contributed by atoms with van der Waals surface area (Å²) in [4.78, 5) is 21.2. The number of rotatable bonds is 4. The average molecular weight is 269 g/mol. The molecule has 0 atom stereocenters. The third kappa shape index (κ3) is 3.08. The van der Waals surface area contributed by atoms with Crippen molar-refractivity contribution in [2.75, 3.05) is 0 Å². The Morgan fingerprint density at radius 3 is 2.40 bits per heavy atom. The molecule has 0 aliphatic carbocycles. The van der Waals surface area contributed by atoms with E-state index >= 15 is 0 Å². The Labute approximate surface area is 115 Å². The summed E-state index contributed by atoms with van der Waals surface area (Å²) in [5.74, 6) is -1.19. The highest BCUT2D eigenvalue weighted by atomic mass is 16.6. The highest BCUT2D eigenvalue weighted by Crippen LogP contribution is 2.20. The van der Waals surface area contributed by atoms with Crippen LogP contribution < -0.4 is 0 Å². The van der Waals surface area contributed by atoms with Gasteiger partial charge < -0.3 is 5.11 Å². The highest BCUT2D eigenvalue weighted by Gasteiger charge is 2.14. The molecule has 5 heteroatoms. The van der Waals surface area contributed by atoms with Gasteiger partial charge in [-0.25, -0.2) is 4.79 Å². The van der Waals surface area contributed by atoms with E-state index in [-0.39, 0.29) is 11.3 Å². The molecule has 2 aromatic rings. The Balaban J connectivity index is 2.39. The Hall–Kier alpha value is -2.95. The van der Waals surface area contributed by atoms with Gasteiger partial charge in [-0.3, -0.25) is 10.1 Å². The van der Waals surface area contributed by atoms with E-state index in [0.29, 0.717) is 5.56 Å². The minimum atomic E-state index is -1.19. The molecule has 1 N–H and O–H groups in total. The Bertz CT molecular complexity index is 678. The number of carbonyl (C=O) groups is 1. The predicted molar refractivity (Wildman–Crippen MR) is 75.4 cm³/mol. The van der Waals surface area contributed by atoms with Crippen molar-refractivity contribution in [2.45, 2.75) is 0 Å². The van der Waals surface area contributed by atoms with Gasteiger partial charge in [-0.05, 0) is 17.2 Å². The molecule has 0 unspecified atom stereocenters. The van der Waals surface area contributed by atoms with Gasteiger partial charge in [0.2, 0.25) is 0 Å². The largest absolute Gasteiger partial charge is 0.478 e. The summed E-state index contributed by atoms with van der Waals surface area (Å²) in [5.41, 5.74) is 1.01. The number of nitrogens with zero attached hydrogens (tertiary/aromatic N) is 1. The third-order valence-corrected chi connectivity index (χ3v) is 2.73. The van der Waals surface area contributed by atoms with Crippen LogP contribution in [0, 0.1) is 10.1 Å². The molecule has 2 rings (SSSR count). The first kappa shape index (κ1) is 13.5. The Morgan fingerprint density at radius 1 is 1.10 bits per heavy atom. The van der Waals surface area contributed by atoms with Crippen molar-refractivity contribution in [3.8, 4) is 0 Å². The first-order valence-corrected chi connectivity index (χ1v) is 5.83. The smallest absolute Gasteiger partial charge is 0.336 e. The normalized spacial score (nSPS) is 10.6. The van der Waals surface area contributed by atoms with Gasteiger partial charge >= 0.3 is 5.97 Å². The SMILES string of the molecule is O=C(O)c1cc([N+](=O)[O-])ccc1C=Cc1ccccc1. The zero-order valence-corrected chi connectivity index (χ0v) is 10.4. The molecule has 0 spiro atoms. The molecule has 0 saturated heterocycles. The van der Waals surface area contributed by atoms with E-state index in [1.807, 2.05) is 30.3 Å². The minimum absolute atomic E-state index is 0.0913. The molecular formula is C15H11NO4. The zero-order chi connectivity index (χ0) is 14.5. The van der Waals surface area contributed by atoms with E-state index < -0.39 is 10.9 Å². The van der Waals surface area contributed by atoms with Crippen LogP contribution in [0.1, 0.15) is 21.5 Å². The van der Waals surface area contributed by atoms with Crippen molar-refractivity contribution in [2.24, 2.45) is 0 Å². The van der Waals surface area contributed by atoms with Crippen LogP contribution in [0.2, 0.25) is 0 Å². The second-order valence-corrected chi connectivity index (χ2v) is 4.08. The quantitative estimate of drug-likeness (QED) is 0.523. The van der Waals surface area contributed by atoms with Gasteiger partial charge in [0.15, 0.2) is 0 Å². The fraction of sp³-hybridized carbons (Fsp3) is 0. The van der Waals surface area contributed by atoms with Gasteiger partial charge in [-0.15, -0.1) is 0 Å². The second kappa shape index (κ2) is 5.79. The number of nitro benzene ring substituents is 1. The second-order valence-electron chi connectivity index (χ2n) is 4.08. The summed E-state index contributed by atoms with van der Waals surface area (Å²) in [5, 5.41) is 19.8. The van der Waals surface area contributed by atoms with Gasteiger partial charge in [-0.2, -0.15) is 0 Å². The lowest BCUT2D eigenvalue weighted by Crippen LogP contribution is -2.01. The standard InChI is InChI=1S/C15H11NO4/c17-15(18)14-10-13(16(19)20)9-8-12(14)7-6-11-4-2-1-3-5-11/h1-10H,(H,17,18). The van der Waals surface area contributed by atoms with Crippen LogP contribution >= 0.6 is 0 Å². The summed E-state index contributed by atoms with van der Waals surface area (Å²) < 4.78 is 0. The molecule has 0 bridgehead atoms. The van der Waals surface area contributed by atoms with Gasteiger partial charge in [0.1, 0.15) is 0 Å². The lowest BCUT2D eigenvalue weighted by molar-refractivity contribution is -0.384. The summed E-state index contributed by atoms with van der Waals surface area (Å²) in [7, 11) is 0. The maximum Gasteiger partial charge on any atom is 0.336 e. The highest BCUT2D eigenvalue weighted by molar-refractivity contribution is 5.94. The molecular weight excluding hydrogens is 258 g/mol. The zero-order valence-electron chi connectivity index (χ0n) is 10.4. The van der Waals surface area contributed by atoms with Crippen LogP contribution in [0.15, 0.2) is 48.5 Å². The van der Waals surface area contributed by atoms with E-state index in [2.05, 4.69) is 0 Å². The first-order valence-electron chi connectivity index (χ1n) is 5.83. The molecule has 0 heterocycles. The molecule has 20 heavy (non-hydrogen) atoms. The van der Waals surface area contributed by atoms with E-state index in [9.17, 15) is 14.9 Å². The van der Waals surface area contributed by atoms with Crippen molar-refractivity contribution in [3.05, 3.63) is 75.3 Å². The monoisotopic (exact) mass is 269 g/mol. The van der Waals surface area contributed by atoms with E-state index in [1.54, 1.807) is 12.2 Å². The van der Waals surface area contributed by atoms with Crippen molar-refractivity contribution in [3.63, 3.8) is 0 Å². The number of carboxylic acids is 1. The maximum absolute atomic E-state index is 11.2. The molecule has 100 valence electrons. The number of aromatic carboxylic acids is 1. The maximum atomic E-state index is 11.2. The molecule has 0 aliphatic heterocycles. The molecule has 0 radical (unpaired) electrons. The molecule has 5 nitrogen and oxygen atoms in total. The number of hydrogen-bond donors (Lipinski definition) is 1. The van der Waals surface area contributed by atoms with Gasteiger partial charge in [0.05, 0.1) is 10.5 Å².